The molecule has 7 heteroatoms. The molecule has 1 fully saturated rings. The summed E-state index contributed by atoms with van der Waals surface area (Å²) in [6, 6.07) is -1.00. The normalized spacial score (nSPS) is 22.0. The molecule has 21 heavy (non-hydrogen) atoms. The van der Waals surface area contributed by atoms with E-state index in [-0.39, 0.29) is 11.9 Å². The second-order valence-electron chi connectivity index (χ2n) is 5.47. The number of nitrogens with one attached hydrogen (secondary N) is 2. The summed E-state index contributed by atoms with van der Waals surface area (Å²) in [6.07, 6.45) is 6.68. The van der Waals surface area contributed by atoms with E-state index >= 15 is 0 Å². The smallest absolute Gasteiger partial charge is 0.326 e. The summed E-state index contributed by atoms with van der Waals surface area (Å²) < 4.78 is 0. The minimum atomic E-state index is -0.923. The van der Waals surface area contributed by atoms with Crippen molar-refractivity contribution in [3.05, 3.63) is 18.2 Å². The zero-order valence-electron chi connectivity index (χ0n) is 12.2. The summed E-state index contributed by atoms with van der Waals surface area (Å²) in [4.78, 5) is 32.0. The first-order valence-electron chi connectivity index (χ1n) is 7.35. The molecule has 1 aromatic rings. The van der Waals surface area contributed by atoms with E-state index in [9.17, 15) is 14.7 Å². The fourth-order valence-corrected chi connectivity index (χ4v) is 2.78. The fraction of sp³-hybridized carbons (Fsp3) is 0.643. The van der Waals surface area contributed by atoms with E-state index in [1.54, 1.807) is 12.4 Å². The molecule has 7 nitrogen and oxygen atoms in total. The van der Waals surface area contributed by atoms with Crippen molar-refractivity contribution in [2.45, 2.75) is 38.6 Å². The van der Waals surface area contributed by atoms with Crippen molar-refractivity contribution in [3.63, 3.8) is 0 Å². The highest BCUT2D eigenvalue weighted by Crippen LogP contribution is 2.23. The van der Waals surface area contributed by atoms with Crippen molar-refractivity contribution in [2.75, 3.05) is 13.1 Å². The molecule has 0 aromatic carbocycles. The third kappa shape index (κ3) is 3.96. The molecule has 2 unspecified atom stereocenters. The first-order chi connectivity index (χ1) is 10.1. The maximum absolute atomic E-state index is 12.1. The highest BCUT2D eigenvalue weighted by atomic mass is 16.4. The number of carbonyl (C=O) groups is 2. The van der Waals surface area contributed by atoms with Gasteiger partial charge >= 0.3 is 12.0 Å². The van der Waals surface area contributed by atoms with E-state index < -0.39 is 12.0 Å². The average Bonchev–Trinajstić information content (AvgIpc) is 2.95. The second kappa shape index (κ2) is 7.10. The molecule has 1 aliphatic rings. The number of piperidine rings is 1. The standard InChI is InChI=1S/C14H22N4O3/c1-10-4-3-9-18(12(10)13(19)20)14(21)17-6-2-5-11-15-7-8-16-11/h7-8,10,12H,2-6,9H2,1H3,(H,15,16)(H,17,21)(H,19,20). The van der Waals surface area contributed by atoms with E-state index in [1.165, 1.54) is 4.90 Å². The number of hydrogen-bond donors (Lipinski definition) is 3. The van der Waals surface area contributed by atoms with Crippen LogP contribution in [-0.2, 0) is 11.2 Å². The number of hydrogen-bond acceptors (Lipinski definition) is 3. The van der Waals surface area contributed by atoms with Gasteiger partial charge in [0.1, 0.15) is 11.9 Å². The van der Waals surface area contributed by atoms with Gasteiger partial charge in [0.05, 0.1) is 0 Å². The third-order valence-electron chi connectivity index (χ3n) is 3.87. The number of nitrogens with zero attached hydrogens (tertiary/aromatic N) is 2. The van der Waals surface area contributed by atoms with Gasteiger partial charge in [0, 0.05) is 31.9 Å². The van der Waals surface area contributed by atoms with Gasteiger partial charge < -0.3 is 20.3 Å². The van der Waals surface area contributed by atoms with E-state index in [4.69, 9.17) is 0 Å². The molecule has 3 N–H and O–H groups in total. The van der Waals surface area contributed by atoms with Crippen LogP contribution in [0.1, 0.15) is 32.0 Å². The fourth-order valence-electron chi connectivity index (χ4n) is 2.78. The number of rotatable bonds is 5. The van der Waals surface area contributed by atoms with Gasteiger partial charge in [0.15, 0.2) is 0 Å². The first-order valence-corrected chi connectivity index (χ1v) is 7.35. The predicted octanol–water partition coefficient (Wildman–Crippen LogP) is 1.24. The van der Waals surface area contributed by atoms with Crippen LogP contribution in [0.2, 0.25) is 0 Å². The Labute approximate surface area is 123 Å². The number of aromatic nitrogens is 2. The molecule has 2 rings (SSSR count). The van der Waals surface area contributed by atoms with Gasteiger partial charge in [-0.3, -0.25) is 0 Å². The summed E-state index contributed by atoms with van der Waals surface area (Å²) in [5.41, 5.74) is 0. The Morgan fingerprint density at radius 2 is 2.38 bits per heavy atom. The second-order valence-corrected chi connectivity index (χ2v) is 5.47. The van der Waals surface area contributed by atoms with Crippen molar-refractivity contribution in [2.24, 2.45) is 5.92 Å². The average molecular weight is 294 g/mol. The Kier molecular flexibility index (Phi) is 5.19. The Hall–Kier alpha value is -2.05. The van der Waals surface area contributed by atoms with Crippen LogP contribution in [-0.4, -0.2) is 51.1 Å². The number of aliphatic carboxylic acids is 1. The molecular weight excluding hydrogens is 272 g/mol. The van der Waals surface area contributed by atoms with Gasteiger partial charge in [-0.25, -0.2) is 14.6 Å². The molecule has 0 saturated carbocycles. The number of carbonyl (C=O) groups excluding carboxylic acids is 1. The van der Waals surface area contributed by atoms with E-state index in [0.717, 1.165) is 31.5 Å². The maximum atomic E-state index is 12.1. The topological polar surface area (TPSA) is 98.3 Å². The Balaban J connectivity index is 1.79. The minimum Gasteiger partial charge on any atom is -0.480 e. The zero-order chi connectivity index (χ0) is 15.2. The van der Waals surface area contributed by atoms with Crippen LogP contribution >= 0.6 is 0 Å². The molecule has 0 spiro atoms. The number of aryl methyl sites for hydroxylation is 1. The number of urea groups is 1. The summed E-state index contributed by atoms with van der Waals surface area (Å²) in [5, 5.41) is 12.1. The molecule has 116 valence electrons. The van der Waals surface area contributed by atoms with Crippen molar-refractivity contribution in [3.8, 4) is 0 Å². The molecule has 2 atom stereocenters. The Morgan fingerprint density at radius 3 is 3.05 bits per heavy atom. The summed E-state index contributed by atoms with van der Waals surface area (Å²) in [7, 11) is 0. The largest absolute Gasteiger partial charge is 0.480 e. The van der Waals surface area contributed by atoms with Gasteiger partial charge in [-0.1, -0.05) is 6.92 Å². The Morgan fingerprint density at radius 1 is 1.57 bits per heavy atom. The molecule has 0 radical (unpaired) electrons. The van der Waals surface area contributed by atoms with Crippen LogP contribution in [0.3, 0.4) is 0 Å². The number of amides is 2. The van der Waals surface area contributed by atoms with Crippen LogP contribution in [0, 0.1) is 5.92 Å². The van der Waals surface area contributed by atoms with Crippen molar-refractivity contribution >= 4 is 12.0 Å². The SMILES string of the molecule is CC1CCCN(C(=O)NCCCc2ncc[nH]2)C1C(=O)O. The van der Waals surface area contributed by atoms with Crippen LogP contribution in [0.25, 0.3) is 0 Å². The molecular formula is C14H22N4O3. The van der Waals surface area contributed by atoms with Gasteiger partial charge in [0.25, 0.3) is 0 Å². The molecule has 1 aromatic heterocycles. The number of aromatic amines is 1. The molecule has 1 aliphatic heterocycles. The highest BCUT2D eigenvalue weighted by Gasteiger charge is 2.36. The monoisotopic (exact) mass is 294 g/mol. The lowest BCUT2D eigenvalue weighted by molar-refractivity contribution is -0.145. The van der Waals surface area contributed by atoms with Crippen molar-refractivity contribution in [1.29, 1.82) is 0 Å². The number of carboxylic acid groups (broad SMARTS) is 1. The maximum Gasteiger partial charge on any atom is 0.326 e. The van der Waals surface area contributed by atoms with Crippen LogP contribution in [0.5, 0.6) is 0 Å². The molecule has 0 bridgehead atoms. The minimum absolute atomic E-state index is 0.00915. The number of likely N-dealkylation sites (tertiary alicyclic amines) is 1. The summed E-state index contributed by atoms with van der Waals surface area (Å²) >= 11 is 0. The lowest BCUT2D eigenvalue weighted by atomic mass is 9.91. The molecule has 2 amide bonds. The van der Waals surface area contributed by atoms with Crippen molar-refractivity contribution < 1.29 is 14.7 Å². The van der Waals surface area contributed by atoms with Crippen LogP contribution in [0.4, 0.5) is 4.79 Å². The molecule has 0 aliphatic carbocycles. The quantitative estimate of drug-likeness (QED) is 0.711. The number of carboxylic acids is 1. The first kappa shape index (κ1) is 15.3. The Bertz CT molecular complexity index is 475. The molecule has 2 heterocycles. The van der Waals surface area contributed by atoms with E-state index in [1.807, 2.05) is 6.92 Å². The van der Waals surface area contributed by atoms with E-state index in [0.29, 0.717) is 13.1 Å². The predicted molar refractivity (Wildman–Crippen MR) is 76.8 cm³/mol. The van der Waals surface area contributed by atoms with Gasteiger partial charge in [0.2, 0.25) is 0 Å². The van der Waals surface area contributed by atoms with Crippen LogP contribution < -0.4 is 5.32 Å². The van der Waals surface area contributed by atoms with Crippen molar-refractivity contribution in [1.82, 2.24) is 20.2 Å². The lowest BCUT2D eigenvalue weighted by Crippen LogP contribution is -2.55. The zero-order valence-corrected chi connectivity index (χ0v) is 12.2. The summed E-state index contributed by atoms with van der Waals surface area (Å²) in [6.45, 7) is 2.90. The summed E-state index contributed by atoms with van der Waals surface area (Å²) in [5.74, 6) is -0.0442. The van der Waals surface area contributed by atoms with E-state index in [2.05, 4.69) is 15.3 Å². The van der Waals surface area contributed by atoms with Gasteiger partial charge in [-0.2, -0.15) is 0 Å². The van der Waals surface area contributed by atoms with Gasteiger partial charge in [-0.15, -0.1) is 0 Å². The van der Waals surface area contributed by atoms with Crippen LogP contribution in [0.15, 0.2) is 12.4 Å². The lowest BCUT2D eigenvalue weighted by Gasteiger charge is -2.37. The molecule has 1 saturated heterocycles. The number of imidazole rings is 1. The van der Waals surface area contributed by atoms with Gasteiger partial charge in [-0.05, 0) is 25.2 Å². The highest BCUT2D eigenvalue weighted by molar-refractivity contribution is 5.83. The third-order valence-corrected chi connectivity index (χ3v) is 3.87. The number of H-pyrrole nitrogens is 1.